The molecule has 2 aliphatic carbocycles. The van der Waals surface area contributed by atoms with Crippen molar-refractivity contribution in [1.29, 1.82) is 0 Å². The van der Waals surface area contributed by atoms with E-state index < -0.39 is 0 Å². The van der Waals surface area contributed by atoms with Gasteiger partial charge in [-0.05, 0) is 59.9 Å². The summed E-state index contributed by atoms with van der Waals surface area (Å²) in [5, 5.41) is 20.4. The fourth-order valence-electron chi connectivity index (χ4n) is 4.31. The van der Waals surface area contributed by atoms with Crippen LogP contribution < -0.4 is 0 Å². The van der Waals surface area contributed by atoms with E-state index in [0.29, 0.717) is 11.7 Å². The minimum absolute atomic E-state index is 0.00199. The van der Waals surface area contributed by atoms with Gasteiger partial charge in [-0.2, -0.15) is 0 Å². The number of fused-ring (bicyclic) bond motifs is 3. The minimum Gasteiger partial charge on any atom is -0.508 e. The molecule has 1 fully saturated rings. The second kappa shape index (κ2) is 4.11. The van der Waals surface area contributed by atoms with Crippen molar-refractivity contribution in [3.05, 3.63) is 34.9 Å². The molecule has 0 radical (unpaired) electrons. The summed E-state index contributed by atoms with van der Waals surface area (Å²) in [7, 11) is 0. The zero-order valence-electron chi connectivity index (χ0n) is 12.8. The van der Waals surface area contributed by atoms with Crippen LogP contribution in [0.1, 0.15) is 50.3 Å². The monoisotopic (exact) mass is 272 g/mol. The maximum atomic E-state index is 10.4. The Kier molecular flexibility index (Phi) is 2.81. The van der Waals surface area contributed by atoms with Crippen molar-refractivity contribution in [3.8, 4) is 5.75 Å². The average molecular weight is 272 g/mol. The van der Waals surface area contributed by atoms with Gasteiger partial charge in [-0.15, -0.1) is 0 Å². The van der Waals surface area contributed by atoms with Crippen molar-refractivity contribution in [2.24, 2.45) is 11.3 Å². The molecule has 0 spiro atoms. The lowest BCUT2D eigenvalue weighted by Crippen LogP contribution is -2.52. The molecule has 2 heteroatoms. The summed E-state index contributed by atoms with van der Waals surface area (Å²) in [5.41, 5.74) is 3.23. The zero-order chi connectivity index (χ0) is 14.7. The van der Waals surface area contributed by atoms with Gasteiger partial charge in [0.1, 0.15) is 5.75 Å². The van der Waals surface area contributed by atoms with Gasteiger partial charge in [0.25, 0.3) is 0 Å². The van der Waals surface area contributed by atoms with E-state index in [1.807, 2.05) is 13.0 Å². The lowest BCUT2D eigenvalue weighted by molar-refractivity contribution is -0.0482. The highest BCUT2D eigenvalue weighted by molar-refractivity contribution is 5.64. The number of phenols is 1. The molecular weight excluding hydrogens is 248 g/mol. The maximum Gasteiger partial charge on any atom is 0.118 e. The lowest BCUT2D eigenvalue weighted by atomic mass is 9.51. The molecule has 20 heavy (non-hydrogen) atoms. The zero-order valence-corrected chi connectivity index (χ0v) is 12.8. The third-order valence-electron chi connectivity index (χ3n) is 5.74. The van der Waals surface area contributed by atoms with Gasteiger partial charge in [0.05, 0.1) is 6.10 Å². The molecule has 3 rings (SSSR count). The van der Waals surface area contributed by atoms with E-state index in [0.717, 1.165) is 18.4 Å². The summed E-state index contributed by atoms with van der Waals surface area (Å²) in [6.07, 6.45) is 5.95. The van der Waals surface area contributed by atoms with Gasteiger partial charge in [-0.3, -0.25) is 0 Å². The number of aliphatic hydroxyl groups is 1. The van der Waals surface area contributed by atoms with E-state index >= 15 is 0 Å². The van der Waals surface area contributed by atoms with Crippen LogP contribution in [0.5, 0.6) is 5.75 Å². The third-order valence-corrected chi connectivity index (χ3v) is 5.74. The molecule has 0 aromatic heterocycles. The number of hydrogen-bond donors (Lipinski definition) is 2. The molecule has 2 nitrogen and oxygen atoms in total. The van der Waals surface area contributed by atoms with E-state index in [-0.39, 0.29) is 16.9 Å². The smallest absolute Gasteiger partial charge is 0.118 e. The van der Waals surface area contributed by atoms with E-state index in [2.05, 4.69) is 39.0 Å². The summed E-state index contributed by atoms with van der Waals surface area (Å²) < 4.78 is 0. The van der Waals surface area contributed by atoms with E-state index in [4.69, 9.17) is 0 Å². The Morgan fingerprint density at radius 1 is 1.20 bits per heavy atom. The van der Waals surface area contributed by atoms with Gasteiger partial charge < -0.3 is 10.2 Å². The number of allylic oxidation sites excluding steroid dienone is 1. The van der Waals surface area contributed by atoms with Gasteiger partial charge in [0.15, 0.2) is 0 Å². The molecule has 2 N–H and O–H groups in total. The average Bonchev–Trinajstić information content (AvgIpc) is 2.37. The van der Waals surface area contributed by atoms with Gasteiger partial charge in [-0.1, -0.05) is 32.9 Å². The predicted octanol–water partition coefficient (Wildman–Crippen LogP) is 3.78. The Morgan fingerprint density at radius 2 is 1.90 bits per heavy atom. The second-order valence-electron chi connectivity index (χ2n) is 7.36. The number of benzene rings is 1. The van der Waals surface area contributed by atoms with E-state index in [1.165, 1.54) is 11.1 Å². The van der Waals surface area contributed by atoms with Crippen molar-refractivity contribution in [3.63, 3.8) is 0 Å². The van der Waals surface area contributed by atoms with Crippen LogP contribution in [0.4, 0.5) is 0 Å². The van der Waals surface area contributed by atoms with Crippen LogP contribution in [0.2, 0.25) is 0 Å². The van der Waals surface area contributed by atoms with Gasteiger partial charge >= 0.3 is 0 Å². The summed E-state index contributed by atoms with van der Waals surface area (Å²) in [5.74, 6) is 0.677. The molecule has 0 bridgehead atoms. The standard InChI is InChI=1S/C18H24O2/c1-11-9-12-5-6-15-17(2,3)16(20)7-8-18(15,4)13(12)10-14(11)19/h5-6,9-10,15-16,19-20H,7-8H2,1-4H3/t15-,16-,18+/m1/s1. The predicted molar refractivity (Wildman–Crippen MR) is 81.7 cm³/mol. The summed E-state index contributed by atoms with van der Waals surface area (Å²) >= 11 is 0. The van der Waals surface area contributed by atoms with Crippen molar-refractivity contribution < 1.29 is 10.2 Å². The molecule has 1 saturated carbocycles. The maximum absolute atomic E-state index is 10.4. The van der Waals surface area contributed by atoms with Crippen LogP contribution in [0.15, 0.2) is 18.2 Å². The Labute approximate surface area is 121 Å². The number of rotatable bonds is 0. The first kappa shape index (κ1) is 13.7. The number of aliphatic hydroxyl groups excluding tert-OH is 1. The van der Waals surface area contributed by atoms with Crippen molar-refractivity contribution in [1.82, 2.24) is 0 Å². The molecule has 3 atom stereocenters. The van der Waals surface area contributed by atoms with Gasteiger partial charge in [0, 0.05) is 5.41 Å². The quantitative estimate of drug-likeness (QED) is 0.754. The van der Waals surface area contributed by atoms with Crippen LogP contribution in [0, 0.1) is 18.3 Å². The fraction of sp³-hybridized carbons (Fsp3) is 0.556. The first-order valence-electron chi connectivity index (χ1n) is 7.47. The molecule has 0 saturated heterocycles. The van der Waals surface area contributed by atoms with Crippen LogP contribution in [0.25, 0.3) is 6.08 Å². The molecule has 0 aliphatic heterocycles. The highest BCUT2D eigenvalue weighted by atomic mass is 16.3. The topological polar surface area (TPSA) is 40.5 Å². The number of phenolic OH excluding ortho intramolecular Hbond substituents is 1. The largest absolute Gasteiger partial charge is 0.508 e. The third kappa shape index (κ3) is 1.67. The Hall–Kier alpha value is -1.28. The SMILES string of the molecule is Cc1cc2c(cc1O)[C@]1(C)CC[C@@H](O)C(C)(C)[C@H]1C=C2. The minimum atomic E-state index is -0.258. The molecule has 0 heterocycles. The molecule has 108 valence electrons. The number of aromatic hydroxyl groups is 1. The van der Waals surface area contributed by atoms with Crippen LogP contribution >= 0.6 is 0 Å². The van der Waals surface area contributed by atoms with Crippen molar-refractivity contribution in [2.45, 2.75) is 52.1 Å². The summed E-state index contributed by atoms with van der Waals surface area (Å²) in [6.45, 7) is 8.53. The van der Waals surface area contributed by atoms with Crippen LogP contribution in [0.3, 0.4) is 0 Å². The van der Waals surface area contributed by atoms with Gasteiger partial charge in [-0.25, -0.2) is 0 Å². The highest BCUT2D eigenvalue weighted by Crippen LogP contribution is 2.56. The Morgan fingerprint density at radius 3 is 2.60 bits per heavy atom. The Bertz CT molecular complexity index is 585. The number of aryl methyl sites for hydroxylation is 1. The number of hydrogen-bond acceptors (Lipinski definition) is 2. The lowest BCUT2D eigenvalue weighted by Gasteiger charge is -2.54. The van der Waals surface area contributed by atoms with E-state index in [9.17, 15) is 10.2 Å². The molecule has 0 amide bonds. The fourth-order valence-corrected chi connectivity index (χ4v) is 4.31. The molecule has 0 unspecified atom stereocenters. The van der Waals surface area contributed by atoms with Gasteiger partial charge in [0.2, 0.25) is 0 Å². The Balaban J connectivity index is 2.18. The first-order valence-corrected chi connectivity index (χ1v) is 7.47. The van der Waals surface area contributed by atoms with Crippen molar-refractivity contribution in [2.75, 3.05) is 0 Å². The van der Waals surface area contributed by atoms with Crippen molar-refractivity contribution >= 4 is 6.08 Å². The second-order valence-corrected chi connectivity index (χ2v) is 7.36. The summed E-state index contributed by atoms with van der Waals surface area (Å²) in [6, 6.07) is 4.01. The van der Waals surface area contributed by atoms with E-state index in [1.54, 1.807) is 0 Å². The van der Waals surface area contributed by atoms with Crippen LogP contribution in [-0.4, -0.2) is 16.3 Å². The molecular formula is C18H24O2. The first-order chi connectivity index (χ1) is 9.26. The molecule has 1 aromatic carbocycles. The summed E-state index contributed by atoms with van der Waals surface area (Å²) in [4.78, 5) is 0. The normalized spacial score (nSPS) is 34.5. The molecule has 2 aliphatic rings. The van der Waals surface area contributed by atoms with Crippen LogP contribution in [-0.2, 0) is 5.41 Å². The highest BCUT2D eigenvalue weighted by Gasteiger charge is 2.52. The molecule has 1 aromatic rings.